The van der Waals surface area contributed by atoms with Crippen LogP contribution < -0.4 is 5.32 Å². The number of nitrogens with one attached hydrogen (secondary N) is 1. The summed E-state index contributed by atoms with van der Waals surface area (Å²) in [5.74, 6) is 1.54. The van der Waals surface area contributed by atoms with Crippen molar-refractivity contribution >= 4 is 31.9 Å². The van der Waals surface area contributed by atoms with E-state index in [4.69, 9.17) is 9.15 Å². The van der Waals surface area contributed by atoms with Crippen LogP contribution in [0.4, 0.5) is 10.7 Å². The van der Waals surface area contributed by atoms with Gasteiger partial charge in [0.05, 0.1) is 24.2 Å². The van der Waals surface area contributed by atoms with Gasteiger partial charge in [-0.25, -0.2) is 8.42 Å². The molecule has 148 valence electrons. The SMILES string of the molecule is Cc1ccc(C(CNc2sc(S(C)(=O)=O)cc2[N+](=O)[O-])N2CCOCC2)o1. The average Bonchev–Trinajstić information content (AvgIpc) is 3.22. The molecule has 2 aromatic heterocycles. The number of furan rings is 1. The van der Waals surface area contributed by atoms with Gasteiger partial charge in [-0.3, -0.25) is 15.0 Å². The Labute approximate surface area is 161 Å². The second-order valence-corrected chi connectivity index (χ2v) is 9.60. The van der Waals surface area contributed by atoms with Crippen molar-refractivity contribution in [3.8, 4) is 0 Å². The van der Waals surface area contributed by atoms with Gasteiger partial charge in [0.1, 0.15) is 15.7 Å². The molecule has 2 aromatic rings. The fourth-order valence-electron chi connectivity index (χ4n) is 2.93. The van der Waals surface area contributed by atoms with Gasteiger partial charge in [0, 0.05) is 32.0 Å². The third kappa shape index (κ3) is 4.67. The first kappa shape index (κ1) is 19.8. The van der Waals surface area contributed by atoms with Crippen molar-refractivity contribution in [1.29, 1.82) is 0 Å². The first-order valence-corrected chi connectivity index (χ1v) is 11.1. The van der Waals surface area contributed by atoms with Crippen molar-refractivity contribution in [3.05, 3.63) is 39.8 Å². The Balaban J connectivity index is 1.84. The number of aryl methyl sites for hydroxylation is 1. The van der Waals surface area contributed by atoms with Gasteiger partial charge in [0.15, 0.2) is 14.8 Å². The van der Waals surface area contributed by atoms with E-state index < -0.39 is 14.8 Å². The Hall–Kier alpha value is -1.95. The molecule has 0 amide bonds. The Bertz CT molecular complexity index is 914. The van der Waals surface area contributed by atoms with E-state index in [1.165, 1.54) is 0 Å². The average molecular weight is 415 g/mol. The molecule has 0 aliphatic carbocycles. The van der Waals surface area contributed by atoms with Gasteiger partial charge in [0.2, 0.25) is 0 Å². The highest BCUT2D eigenvalue weighted by atomic mass is 32.2. The number of morpholine rings is 1. The summed E-state index contributed by atoms with van der Waals surface area (Å²) in [5, 5.41) is 14.6. The summed E-state index contributed by atoms with van der Waals surface area (Å²) in [6.45, 7) is 4.84. The molecule has 1 aliphatic rings. The lowest BCUT2D eigenvalue weighted by Gasteiger charge is -2.33. The van der Waals surface area contributed by atoms with Gasteiger partial charge in [0.25, 0.3) is 0 Å². The first-order chi connectivity index (χ1) is 12.8. The fourth-order valence-corrected chi connectivity index (χ4v) is 4.87. The maximum absolute atomic E-state index is 11.8. The number of ether oxygens (including phenoxy) is 1. The number of anilines is 1. The summed E-state index contributed by atoms with van der Waals surface area (Å²) in [6, 6.07) is 4.72. The molecule has 1 unspecified atom stereocenters. The summed E-state index contributed by atoms with van der Waals surface area (Å²) in [6.07, 6.45) is 1.04. The Morgan fingerprint density at radius 1 is 1.37 bits per heavy atom. The summed E-state index contributed by atoms with van der Waals surface area (Å²) >= 11 is 0.869. The minimum absolute atomic E-state index is 0.0338. The summed E-state index contributed by atoms with van der Waals surface area (Å²) in [4.78, 5) is 12.9. The molecule has 9 nitrogen and oxygen atoms in total. The molecule has 3 rings (SSSR count). The predicted octanol–water partition coefficient (Wildman–Crippen LogP) is 2.45. The molecule has 0 spiro atoms. The number of nitrogens with zero attached hydrogens (tertiary/aromatic N) is 2. The van der Waals surface area contributed by atoms with E-state index in [0.717, 1.165) is 35.2 Å². The van der Waals surface area contributed by atoms with Gasteiger partial charge in [-0.05, 0) is 19.1 Å². The molecule has 1 atom stereocenters. The van der Waals surface area contributed by atoms with Crippen LogP contribution in [0, 0.1) is 17.0 Å². The van der Waals surface area contributed by atoms with Crippen molar-refractivity contribution in [2.24, 2.45) is 0 Å². The smallest absolute Gasteiger partial charge is 0.304 e. The van der Waals surface area contributed by atoms with Crippen LogP contribution in [-0.4, -0.2) is 57.3 Å². The highest BCUT2D eigenvalue weighted by Gasteiger charge is 2.28. The molecule has 11 heteroatoms. The Kier molecular flexibility index (Phi) is 5.84. The molecule has 1 saturated heterocycles. The van der Waals surface area contributed by atoms with Crippen LogP contribution >= 0.6 is 11.3 Å². The second-order valence-electron chi connectivity index (χ2n) is 6.30. The van der Waals surface area contributed by atoms with Gasteiger partial charge < -0.3 is 14.5 Å². The normalized spacial score (nSPS) is 17.0. The first-order valence-electron chi connectivity index (χ1n) is 8.36. The Morgan fingerprint density at radius 3 is 2.63 bits per heavy atom. The summed E-state index contributed by atoms with van der Waals surface area (Å²) in [5.41, 5.74) is -0.239. The number of nitro groups is 1. The molecule has 0 radical (unpaired) electrons. The number of hydrogen-bond acceptors (Lipinski definition) is 9. The highest BCUT2D eigenvalue weighted by Crippen LogP contribution is 2.37. The summed E-state index contributed by atoms with van der Waals surface area (Å²) < 4.78 is 34.6. The molecule has 1 aliphatic heterocycles. The van der Waals surface area contributed by atoms with Crippen LogP contribution in [-0.2, 0) is 14.6 Å². The second kappa shape index (κ2) is 7.97. The van der Waals surface area contributed by atoms with Crippen LogP contribution in [0.25, 0.3) is 0 Å². The molecule has 0 saturated carbocycles. The zero-order valence-electron chi connectivity index (χ0n) is 15.0. The predicted molar refractivity (Wildman–Crippen MR) is 101 cm³/mol. The third-order valence-corrected chi connectivity index (χ3v) is 7.17. The van der Waals surface area contributed by atoms with E-state index in [1.807, 2.05) is 19.1 Å². The Morgan fingerprint density at radius 2 is 2.07 bits per heavy atom. The molecule has 1 N–H and O–H groups in total. The lowest BCUT2D eigenvalue weighted by Crippen LogP contribution is -2.41. The lowest BCUT2D eigenvalue weighted by molar-refractivity contribution is -0.383. The molecule has 3 heterocycles. The number of thiophene rings is 1. The maximum atomic E-state index is 11.8. The van der Waals surface area contributed by atoms with E-state index >= 15 is 0 Å². The van der Waals surface area contributed by atoms with Crippen LogP contribution in [0.5, 0.6) is 0 Å². The molecule has 1 fully saturated rings. The summed E-state index contributed by atoms with van der Waals surface area (Å²) in [7, 11) is -3.52. The van der Waals surface area contributed by atoms with Crippen molar-refractivity contribution in [3.63, 3.8) is 0 Å². The van der Waals surface area contributed by atoms with Crippen molar-refractivity contribution < 1.29 is 22.5 Å². The van der Waals surface area contributed by atoms with Gasteiger partial charge in [-0.1, -0.05) is 11.3 Å². The van der Waals surface area contributed by atoms with Gasteiger partial charge >= 0.3 is 5.69 Å². The minimum atomic E-state index is -3.52. The van der Waals surface area contributed by atoms with E-state index in [1.54, 1.807) is 0 Å². The standard InChI is InChI=1S/C16H21N3O6S2/c1-11-3-4-14(25-11)13(18-5-7-24-8-6-18)10-17-16-12(19(20)21)9-15(26-16)27(2,22)23/h3-4,9,13,17H,5-8,10H2,1-2H3. The van der Waals surface area contributed by atoms with E-state index in [-0.39, 0.29) is 20.9 Å². The quantitative estimate of drug-likeness (QED) is 0.542. The number of sulfone groups is 1. The highest BCUT2D eigenvalue weighted by molar-refractivity contribution is 7.92. The van der Waals surface area contributed by atoms with Gasteiger partial charge in [-0.2, -0.15) is 0 Å². The van der Waals surface area contributed by atoms with E-state index in [0.29, 0.717) is 32.8 Å². The van der Waals surface area contributed by atoms with Crippen molar-refractivity contribution in [2.45, 2.75) is 17.2 Å². The van der Waals surface area contributed by atoms with Crippen LogP contribution in [0.2, 0.25) is 0 Å². The maximum Gasteiger partial charge on any atom is 0.304 e. The monoisotopic (exact) mass is 415 g/mol. The van der Waals surface area contributed by atoms with Crippen LogP contribution in [0.15, 0.2) is 26.8 Å². The molecule has 0 aromatic carbocycles. The van der Waals surface area contributed by atoms with Crippen molar-refractivity contribution in [2.75, 3.05) is 44.4 Å². The van der Waals surface area contributed by atoms with Crippen LogP contribution in [0.3, 0.4) is 0 Å². The molecular formula is C16H21N3O6S2. The number of hydrogen-bond donors (Lipinski definition) is 1. The molecule has 27 heavy (non-hydrogen) atoms. The minimum Gasteiger partial charge on any atom is -0.465 e. The largest absolute Gasteiger partial charge is 0.465 e. The van der Waals surface area contributed by atoms with Crippen molar-refractivity contribution in [1.82, 2.24) is 4.90 Å². The van der Waals surface area contributed by atoms with E-state index in [2.05, 4.69) is 10.2 Å². The zero-order valence-corrected chi connectivity index (χ0v) is 16.6. The van der Waals surface area contributed by atoms with E-state index in [9.17, 15) is 18.5 Å². The fraction of sp³-hybridized carbons (Fsp3) is 0.500. The molecular weight excluding hydrogens is 394 g/mol. The topological polar surface area (TPSA) is 115 Å². The molecule has 0 bridgehead atoms. The number of rotatable bonds is 7. The third-order valence-electron chi connectivity index (χ3n) is 4.28. The lowest BCUT2D eigenvalue weighted by atomic mass is 10.1. The zero-order chi connectivity index (χ0) is 19.6. The van der Waals surface area contributed by atoms with Gasteiger partial charge in [-0.15, -0.1) is 0 Å². The van der Waals surface area contributed by atoms with Crippen LogP contribution in [0.1, 0.15) is 17.6 Å².